The number of nitrogens with zero attached hydrogens (tertiary/aromatic N) is 2. The minimum Gasteiger partial charge on any atom is -0.376 e. The van der Waals surface area contributed by atoms with Gasteiger partial charge in [0.05, 0.1) is 17.6 Å². The van der Waals surface area contributed by atoms with Crippen molar-refractivity contribution in [1.29, 1.82) is 5.26 Å². The van der Waals surface area contributed by atoms with Crippen molar-refractivity contribution >= 4 is 5.91 Å². The van der Waals surface area contributed by atoms with Crippen molar-refractivity contribution in [2.45, 2.75) is 45.0 Å². The summed E-state index contributed by atoms with van der Waals surface area (Å²) >= 11 is 0. The number of amides is 1. The molecule has 0 aromatic heterocycles. The van der Waals surface area contributed by atoms with Crippen molar-refractivity contribution in [1.82, 2.24) is 10.2 Å². The van der Waals surface area contributed by atoms with Gasteiger partial charge >= 0.3 is 0 Å². The fourth-order valence-corrected chi connectivity index (χ4v) is 3.66. The van der Waals surface area contributed by atoms with Gasteiger partial charge in [0.15, 0.2) is 0 Å². The van der Waals surface area contributed by atoms with Gasteiger partial charge in [0, 0.05) is 31.8 Å². The maximum absolute atomic E-state index is 13.5. The van der Waals surface area contributed by atoms with Crippen molar-refractivity contribution in [2.75, 3.05) is 13.2 Å². The molecule has 5 nitrogen and oxygen atoms in total. The maximum Gasteiger partial charge on any atom is 0.227 e. The molecule has 2 aliphatic heterocycles. The number of carbonyl (C=O) groups is 1. The number of ether oxygens (including phenoxy) is 1. The van der Waals surface area contributed by atoms with Gasteiger partial charge in [-0.15, -0.1) is 0 Å². The van der Waals surface area contributed by atoms with Gasteiger partial charge in [0.1, 0.15) is 11.9 Å². The standard InChI is InChI=1S/C18H22FN3O2/c1-11(2)21-18(23)14-10-22(16-5-6-24-17(14)16)9-12-3-4-15(19)13(7-12)8-20/h3-4,7,11,14,16-17H,5-6,9-10H2,1-2H3,(H,21,23)/t14-,16+,17+/m0/s1. The Labute approximate surface area is 141 Å². The Bertz CT molecular complexity index is 671. The zero-order chi connectivity index (χ0) is 17.3. The van der Waals surface area contributed by atoms with Crippen molar-refractivity contribution in [2.24, 2.45) is 5.92 Å². The van der Waals surface area contributed by atoms with E-state index in [0.717, 1.165) is 12.0 Å². The van der Waals surface area contributed by atoms with Crippen LogP contribution in [0.3, 0.4) is 0 Å². The number of hydrogen-bond acceptors (Lipinski definition) is 4. The minimum atomic E-state index is -0.501. The lowest BCUT2D eigenvalue weighted by Crippen LogP contribution is -2.41. The fourth-order valence-electron chi connectivity index (χ4n) is 3.66. The average molecular weight is 331 g/mol. The van der Waals surface area contributed by atoms with Crippen LogP contribution in [0, 0.1) is 23.1 Å². The second kappa shape index (κ2) is 6.88. The smallest absolute Gasteiger partial charge is 0.227 e. The van der Waals surface area contributed by atoms with Gasteiger partial charge in [-0.3, -0.25) is 9.69 Å². The Morgan fingerprint density at radius 3 is 3.04 bits per heavy atom. The van der Waals surface area contributed by atoms with Gasteiger partial charge in [-0.1, -0.05) is 6.07 Å². The number of fused-ring (bicyclic) bond motifs is 1. The number of benzene rings is 1. The number of rotatable bonds is 4. The molecule has 0 saturated carbocycles. The SMILES string of the molecule is CC(C)NC(=O)[C@H]1CN(Cc2ccc(F)c(C#N)c2)[C@@H]2CCO[C@H]12. The Morgan fingerprint density at radius 2 is 2.33 bits per heavy atom. The quantitative estimate of drug-likeness (QED) is 0.914. The summed E-state index contributed by atoms with van der Waals surface area (Å²) in [6.45, 7) is 5.75. The normalized spacial score (nSPS) is 26.4. The molecular formula is C18H22FN3O2. The van der Waals surface area contributed by atoms with E-state index in [1.807, 2.05) is 19.9 Å². The van der Waals surface area contributed by atoms with Crippen molar-refractivity contribution in [3.05, 3.63) is 35.1 Å². The summed E-state index contributed by atoms with van der Waals surface area (Å²) in [5.41, 5.74) is 0.934. The maximum atomic E-state index is 13.5. The first-order valence-corrected chi connectivity index (χ1v) is 8.34. The molecule has 128 valence electrons. The van der Waals surface area contributed by atoms with E-state index in [1.54, 1.807) is 12.1 Å². The van der Waals surface area contributed by atoms with Crippen molar-refractivity contribution in [3.8, 4) is 6.07 Å². The molecule has 0 unspecified atom stereocenters. The molecule has 2 aliphatic rings. The minimum absolute atomic E-state index is 0.0289. The van der Waals surface area contributed by atoms with Gasteiger partial charge in [0.25, 0.3) is 0 Å². The number of nitrogens with one attached hydrogen (secondary N) is 1. The summed E-state index contributed by atoms with van der Waals surface area (Å²) in [5, 5.41) is 11.9. The highest BCUT2D eigenvalue weighted by atomic mass is 19.1. The summed E-state index contributed by atoms with van der Waals surface area (Å²) < 4.78 is 19.3. The number of hydrogen-bond donors (Lipinski definition) is 1. The second-order valence-corrected chi connectivity index (χ2v) is 6.82. The van der Waals surface area contributed by atoms with Crippen LogP contribution in [0.2, 0.25) is 0 Å². The van der Waals surface area contributed by atoms with Gasteiger partial charge in [-0.2, -0.15) is 5.26 Å². The van der Waals surface area contributed by atoms with Crippen LogP contribution in [0.15, 0.2) is 18.2 Å². The summed E-state index contributed by atoms with van der Waals surface area (Å²) in [4.78, 5) is 14.6. The summed E-state index contributed by atoms with van der Waals surface area (Å²) in [5.74, 6) is -0.657. The predicted octanol–water partition coefficient (Wildman–Crippen LogP) is 1.81. The molecule has 2 saturated heterocycles. The van der Waals surface area contributed by atoms with Gasteiger partial charge in [0.2, 0.25) is 5.91 Å². The lowest BCUT2D eigenvalue weighted by Gasteiger charge is -2.22. The number of likely N-dealkylation sites (tertiary alicyclic amines) is 1. The highest BCUT2D eigenvalue weighted by molar-refractivity contribution is 5.80. The third-order valence-electron chi connectivity index (χ3n) is 4.70. The first kappa shape index (κ1) is 16.9. The first-order chi connectivity index (χ1) is 11.5. The van der Waals surface area contributed by atoms with E-state index in [-0.39, 0.29) is 35.6 Å². The molecule has 0 spiro atoms. The Hall–Kier alpha value is -1.97. The van der Waals surface area contributed by atoms with E-state index in [9.17, 15) is 9.18 Å². The lowest BCUT2D eigenvalue weighted by molar-refractivity contribution is -0.128. The zero-order valence-corrected chi connectivity index (χ0v) is 14.0. The molecule has 6 heteroatoms. The summed E-state index contributed by atoms with van der Waals surface area (Å²) in [7, 11) is 0. The van der Waals surface area contributed by atoms with Crippen LogP contribution in [0.5, 0.6) is 0 Å². The molecule has 3 atom stereocenters. The molecule has 24 heavy (non-hydrogen) atoms. The largest absolute Gasteiger partial charge is 0.376 e. The fraction of sp³-hybridized carbons (Fsp3) is 0.556. The lowest BCUT2D eigenvalue weighted by atomic mass is 10.0. The third kappa shape index (κ3) is 3.28. The number of nitriles is 1. The Morgan fingerprint density at radius 1 is 1.54 bits per heavy atom. The third-order valence-corrected chi connectivity index (χ3v) is 4.70. The van der Waals surface area contributed by atoms with Gasteiger partial charge in [-0.25, -0.2) is 4.39 Å². The highest BCUT2D eigenvalue weighted by Crippen LogP contribution is 2.34. The second-order valence-electron chi connectivity index (χ2n) is 6.82. The van der Waals surface area contributed by atoms with Crippen LogP contribution in [0.1, 0.15) is 31.4 Å². The topological polar surface area (TPSA) is 65.4 Å². The number of carbonyl (C=O) groups excluding carboxylic acids is 1. The Balaban J connectivity index is 1.75. The van der Waals surface area contributed by atoms with Crippen LogP contribution in [0.25, 0.3) is 0 Å². The van der Waals surface area contributed by atoms with E-state index in [1.165, 1.54) is 6.07 Å². The highest BCUT2D eigenvalue weighted by Gasteiger charge is 2.48. The van der Waals surface area contributed by atoms with Crippen LogP contribution in [0.4, 0.5) is 4.39 Å². The molecule has 0 bridgehead atoms. The van der Waals surface area contributed by atoms with Crippen molar-refractivity contribution < 1.29 is 13.9 Å². The molecule has 1 aromatic rings. The molecule has 0 radical (unpaired) electrons. The predicted molar refractivity (Wildman–Crippen MR) is 86.4 cm³/mol. The average Bonchev–Trinajstić information content (AvgIpc) is 3.12. The zero-order valence-electron chi connectivity index (χ0n) is 14.0. The van der Waals surface area contributed by atoms with Crippen LogP contribution < -0.4 is 5.32 Å². The van der Waals surface area contributed by atoms with Crippen LogP contribution in [-0.4, -0.2) is 42.1 Å². The molecule has 0 aliphatic carbocycles. The van der Waals surface area contributed by atoms with Crippen molar-refractivity contribution in [3.63, 3.8) is 0 Å². The molecular weight excluding hydrogens is 309 g/mol. The monoisotopic (exact) mass is 331 g/mol. The van der Waals surface area contributed by atoms with Crippen LogP contribution in [-0.2, 0) is 16.1 Å². The van der Waals surface area contributed by atoms with E-state index in [4.69, 9.17) is 10.00 Å². The molecule has 1 amide bonds. The van der Waals surface area contributed by atoms with E-state index in [2.05, 4.69) is 10.2 Å². The van der Waals surface area contributed by atoms with Gasteiger partial charge in [-0.05, 0) is 38.0 Å². The van der Waals surface area contributed by atoms with E-state index >= 15 is 0 Å². The molecule has 2 heterocycles. The molecule has 2 fully saturated rings. The molecule has 3 rings (SSSR count). The first-order valence-electron chi connectivity index (χ1n) is 8.34. The van der Waals surface area contributed by atoms with E-state index in [0.29, 0.717) is 19.7 Å². The number of halogens is 1. The molecule has 1 N–H and O–H groups in total. The molecule has 1 aromatic carbocycles. The Kier molecular flexibility index (Phi) is 4.83. The van der Waals surface area contributed by atoms with Gasteiger partial charge < -0.3 is 10.1 Å². The summed E-state index contributed by atoms with van der Waals surface area (Å²) in [6.07, 6.45) is 0.808. The summed E-state index contributed by atoms with van der Waals surface area (Å²) in [6, 6.07) is 6.78. The van der Waals surface area contributed by atoms with Crippen LogP contribution >= 0.6 is 0 Å². The van der Waals surface area contributed by atoms with E-state index < -0.39 is 5.82 Å².